The SMILES string of the molecule is COc1cc(/C=C\C(=O)OC[C@@H](O)CO[C@H]2O[C@H](CO)[C@@H](O)[C@H](O)[C@H]2O)ccc1O. The Kier molecular flexibility index (Phi) is 8.99. The van der Waals surface area contributed by atoms with Crippen molar-refractivity contribution in [3.8, 4) is 11.5 Å². The van der Waals surface area contributed by atoms with Gasteiger partial charge in [0.2, 0.25) is 0 Å². The molecule has 0 amide bonds. The lowest BCUT2D eigenvalue weighted by atomic mass is 9.99. The number of esters is 1. The van der Waals surface area contributed by atoms with Gasteiger partial charge in [-0.05, 0) is 23.8 Å². The lowest BCUT2D eigenvalue weighted by Gasteiger charge is -2.39. The first-order valence-corrected chi connectivity index (χ1v) is 9.08. The van der Waals surface area contributed by atoms with E-state index in [2.05, 4.69) is 0 Å². The molecule has 0 spiro atoms. The lowest BCUT2D eigenvalue weighted by Crippen LogP contribution is -2.59. The zero-order valence-electron chi connectivity index (χ0n) is 16.2. The summed E-state index contributed by atoms with van der Waals surface area (Å²) in [7, 11) is 1.39. The minimum absolute atomic E-state index is 0.0419. The van der Waals surface area contributed by atoms with E-state index in [0.717, 1.165) is 6.08 Å². The maximum atomic E-state index is 11.8. The van der Waals surface area contributed by atoms with Crippen molar-refractivity contribution in [2.75, 3.05) is 26.9 Å². The number of hydrogen-bond donors (Lipinski definition) is 6. The Balaban J connectivity index is 1.77. The zero-order valence-corrected chi connectivity index (χ0v) is 16.2. The van der Waals surface area contributed by atoms with E-state index in [0.29, 0.717) is 5.56 Å². The molecule has 0 radical (unpaired) electrons. The van der Waals surface area contributed by atoms with E-state index >= 15 is 0 Å². The second-order valence-corrected chi connectivity index (χ2v) is 6.58. The minimum atomic E-state index is -1.60. The number of aliphatic hydroxyl groups excluding tert-OH is 5. The van der Waals surface area contributed by atoms with Crippen LogP contribution in [0.5, 0.6) is 11.5 Å². The van der Waals surface area contributed by atoms with Gasteiger partial charge in [0.1, 0.15) is 37.1 Å². The van der Waals surface area contributed by atoms with Gasteiger partial charge in [-0.2, -0.15) is 0 Å². The van der Waals surface area contributed by atoms with Gasteiger partial charge in [-0.1, -0.05) is 6.07 Å². The highest BCUT2D eigenvalue weighted by Crippen LogP contribution is 2.26. The van der Waals surface area contributed by atoms with E-state index in [1.807, 2.05) is 0 Å². The molecule has 0 aromatic heterocycles. The van der Waals surface area contributed by atoms with Gasteiger partial charge >= 0.3 is 5.97 Å². The highest BCUT2D eigenvalue weighted by molar-refractivity contribution is 5.87. The Labute approximate surface area is 172 Å². The van der Waals surface area contributed by atoms with Crippen LogP contribution >= 0.6 is 0 Å². The fourth-order valence-corrected chi connectivity index (χ4v) is 2.65. The van der Waals surface area contributed by atoms with Crippen LogP contribution in [0.1, 0.15) is 5.56 Å². The molecular formula is C19H26O11. The predicted molar refractivity (Wildman–Crippen MR) is 100 cm³/mol. The number of benzene rings is 1. The Morgan fingerprint density at radius 1 is 1.20 bits per heavy atom. The predicted octanol–water partition coefficient (Wildman–Crippen LogP) is -1.87. The molecule has 30 heavy (non-hydrogen) atoms. The van der Waals surface area contributed by atoms with Crippen molar-refractivity contribution in [3.63, 3.8) is 0 Å². The smallest absolute Gasteiger partial charge is 0.330 e. The topological polar surface area (TPSA) is 175 Å². The number of aromatic hydroxyl groups is 1. The van der Waals surface area contributed by atoms with Gasteiger partial charge in [0.25, 0.3) is 0 Å². The van der Waals surface area contributed by atoms with E-state index in [9.17, 15) is 30.3 Å². The number of ether oxygens (including phenoxy) is 4. The third-order valence-electron chi connectivity index (χ3n) is 4.33. The Morgan fingerprint density at radius 3 is 2.60 bits per heavy atom. The number of carbonyl (C=O) groups excluding carboxylic acids is 1. The van der Waals surface area contributed by atoms with Crippen LogP contribution in [0, 0.1) is 0 Å². The second kappa shape index (κ2) is 11.2. The van der Waals surface area contributed by atoms with Gasteiger partial charge < -0.3 is 49.6 Å². The van der Waals surface area contributed by atoms with Gasteiger partial charge in [-0.3, -0.25) is 0 Å². The van der Waals surface area contributed by atoms with E-state index < -0.39 is 62.6 Å². The average Bonchev–Trinajstić information content (AvgIpc) is 2.75. The van der Waals surface area contributed by atoms with Crippen LogP contribution in [-0.2, 0) is 19.0 Å². The van der Waals surface area contributed by atoms with Crippen LogP contribution in [0.25, 0.3) is 6.08 Å². The fraction of sp³-hybridized carbons (Fsp3) is 0.526. The van der Waals surface area contributed by atoms with E-state index in [1.165, 1.54) is 25.3 Å². The molecule has 2 rings (SSSR count). The van der Waals surface area contributed by atoms with Gasteiger partial charge in [0.05, 0.1) is 20.3 Å². The van der Waals surface area contributed by atoms with Crippen LogP contribution in [-0.4, -0.2) is 100 Å². The van der Waals surface area contributed by atoms with E-state index in [1.54, 1.807) is 6.07 Å². The van der Waals surface area contributed by atoms with Crippen molar-refractivity contribution in [2.45, 2.75) is 36.8 Å². The molecule has 0 unspecified atom stereocenters. The number of phenolic OH excluding ortho intramolecular Hbond substituents is 1. The number of hydrogen-bond acceptors (Lipinski definition) is 11. The van der Waals surface area contributed by atoms with Gasteiger partial charge in [0.15, 0.2) is 17.8 Å². The van der Waals surface area contributed by atoms with Crippen LogP contribution in [0.4, 0.5) is 0 Å². The molecule has 6 atom stereocenters. The summed E-state index contributed by atoms with van der Waals surface area (Å²) in [5, 5.41) is 57.7. The van der Waals surface area contributed by atoms with Gasteiger partial charge in [-0.15, -0.1) is 0 Å². The Bertz CT molecular complexity index is 720. The molecule has 168 valence electrons. The lowest BCUT2D eigenvalue weighted by molar-refractivity contribution is -0.304. The minimum Gasteiger partial charge on any atom is -0.504 e. The summed E-state index contributed by atoms with van der Waals surface area (Å²) in [5.41, 5.74) is 0.577. The van der Waals surface area contributed by atoms with E-state index in [4.69, 9.17) is 24.1 Å². The highest BCUT2D eigenvalue weighted by Gasteiger charge is 2.44. The molecule has 1 aromatic rings. The number of aliphatic hydroxyl groups is 5. The van der Waals surface area contributed by atoms with Crippen LogP contribution in [0.15, 0.2) is 24.3 Å². The maximum Gasteiger partial charge on any atom is 0.330 e. The molecular weight excluding hydrogens is 404 g/mol. The normalized spacial score (nSPS) is 27.7. The summed E-state index contributed by atoms with van der Waals surface area (Å²) in [4.78, 5) is 11.8. The fourth-order valence-electron chi connectivity index (χ4n) is 2.65. The summed E-state index contributed by atoms with van der Waals surface area (Å²) in [6, 6.07) is 4.48. The van der Waals surface area contributed by atoms with Gasteiger partial charge in [-0.25, -0.2) is 4.79 Å². The molecule has 1 aromatic carbocycles. The molecule has 11 nitrogen and oxygen atoms in total. The largest absolute Gasteiger partial charge is 0.504 e. The summed E-state index contributed by atoms with van der Waals surface area (Å²) < 4.78 is 20.1. The molecule has 6 N–H and O–H groups in total. The molecule has 1 fully saturated rings. The van der Waals surface area contributed by atoms with Crippen molar-refractivity contribution in [2.24, 2.45) is 0 Å². The van der Waals surface area contributed by atoms with E-state index in [-0.39, 0.29) is 11.5 Å². The monoisotopic (exact) mass is 430 g/mol. The van der Waals surface area contributed by atoms with Crippen molar-refractivity contribution < 1.29 is 54.4 Å². The molecule has 0 saturated carbocycles. The molecule has 0 bridgehead atoms. The van der Waals surface area contributed by atoms with Crippen molar-refractivity contribution in [1.82, 2.24) is 0 Å². The molecule has 0 aliphatic carbocycles. The van der Waals surface area contributed by atoms with Crippen LogP contribution in [0.2, 0.25) is 0 Å². The molecule has 1 aliphatic heterocycles. The third-order valence-corrected chi connectivity index (χ3v) is 4.33. The van der Waals surface area contributed by atoms with Gasteiger partial charge in [0, 0.05) is 6.08 Å². The number of methoxy groups -OCH3 is 1. The summed E-state index contributed by atoms with van der Waals surface area (Å²) in [6.07, 6.45) is -5.94. The first kappa shape index (κ1) is 24.0. The second-order valence-electron chi connectivity index (χ2n) is 6.58. The van der Waals surface area contributed by atoms with Crippen molar-refractivity contribution in [3.05, 3.63) is 29.8 Å². The first-order chi connectivity index (χ1) is 14.3. The average molecular weight is 430 g/mol. The number of carbonyl (C=O) groups is 1. The molecule has 11 heteroatoms. The maximum absolute atomic E-state index is 11.8. The van der Waals surface area contributed by atoms with Crippen molar-refractivity contribution >= 4 is 12.0 Å². The zero-order chi connectivity index (χ0) is 22.3. The molecule has 1 saturated heterocycles. The highest BCUT2D eigenvalue weighted by atomic mass is 16.7. The Morgan fingerprint density at radius 2 is 1.93 bits per heavy atom. The third kappa shape index (κ3) is 6.37. The first-order valence-electron chi connectivity index (χ1n) is 9.08. The van der Waals surface area contributed by atoms with Crippen molar-refractivity contribution in [1.29, 1.82) is 0 Å². The number of phenols is 1. The summed E-state index contributed by atoms with van der Waals surface area (Å²) in [5.74, 6) is -0.542. The standard InChI is InChI=1S/C19H26O11/c1-27-13-6-10(2-4-12(13)22)3-5-15(23)28-8-11(21)9-29-19-18(26)17(25)16(24)14(7-20)30-19/h2-6,11,14,16-22,24-26H,7-9H2,1H3/b5-3-/t11-,14-,16-,17+,18-,19+/m1/s1. The summed E-state index contributed by atoms with van der Waals surface area (Å²) in [6.45, 7) is -1.43. The van der Waals surface area contributed by atoms with Crippen LogP contribution in [0.3, 0.4) is 0 Å². The quantitative estimate of drug-likeness (QED) is 0.191. The summed E-state index contributed by atoms with van der Waals surface area (Å²) >= 11 is 0. The molecule has 1 heterocycles. The van der Waals surface area contributed by atoms with Crippen LogP contribution < -0.4 is 4.74 Å². The molecule has 1 aliphatic rings. The Hall–Kier alpha value is -2.25. The number of rotatable bonds is 9.